The molecule has 0 fully saturated rings. The largest absolute Gasteiger partial charge is 0.378 e. The fraction of sp³-hybridized carbons (Fsp3) is 0.250. The van der Waals surface area contributed by atoms with Crippen molar-refractivity contribution < 1.29 is 9.59 Å². The molecule has 0 bridgehead atoms. The number of aromatic nitrogens is 3. The summed E-state index contributed by atoms with van der Waals surface area (Å²) < 4.78 is 0. The Morgan fingerprint density at radius 2 is 1.64 bits per heavy atom. The first-order valence-corrected chi connectivity index (χ1v) is 14.4. The molecule has 2 aromatic heterocycles. The summed E-state index contributed by atoms with van der Waals surface area (Å²) in [5, 5.41) is 6.74. The van der Waals surface area contributed by atoms with Gasteiger partial charge in [0, 0.05) is 52.8 Å². The van der Waals surface area contributed by atoms with Crippen LogP contribution in [0.15, 0.2) is 65.1 Å². The highest BCUT2D eigenvalue weighted by Gasteiger charge is 2.21. The Bertz CT molecular complexity index is 1420. The number of hydrogen-bond acceptors (Lipinski definition) is 8. The van der Waals surface area contributed by atoms with Gasteiger partial charge in [-0.15, -0.1) is 11.3 Å². The van der Waals surface area contributed by atoms with E-state index in [1.807, 2.05) is 92.8 Å². The first kappa shape index (κ1) is 28.5. The molecule has 0 spiro atoms. The van der Waals surface area contributed by atoms with E-state index in [0.717, 1.165) is 33.3 Å². The molecule has 4 rings (SSSR count). The van der Waals surface area contributed by atoms with Crippen molar-refractivity contribution in [3.63, 3.8) is 0 Å². The Morgan fingerprint density at radius 3 is 2.28 bits per heavy atom. The Balaban J connectivity index is 1.48. The average Bonchev–Trinajstić information content (AvgIpc) is 3.35. The first-order chi connectivity index (χ1) is 18.7. The number of thiazole rings is 1. The third kappa shape index (κ3) is 8.26. The van der Waals surface area contributed by atoms with E-state index < -0.39 is 0 Å². The van der Waals surface area contributed by atoms with Crippen molar-refractivity contribution in [2.45, 2.75) is 25.5 Å². The summed E-state index contributed by atoms with van der Waals surface area (Å²) in [6.07, 6.45) is 0. The summed E-state index contributed by atoms with van der Waals surface area (Å²) >= 11 is 8.71. The molecule has 4 aromatic rings. The number of aryl methyl sites for hydroxylation is 2. The SMILES string of the molecule is Cc1cc(C)nc(SCC(=O)N(CC(=O)Nc2ccc(N(C)C)cc2)Cc2nc(-c3ccc(Cl)cc3)cs2)n1. The average molecular weight is 581 g/mol. The van der Waals surface area contributed by atoms with Gasteiger partial charge in [-0.3, -0.25) is 9.59 Å². The smallest absolute Gasteiger partial charge is 0.244 e. The van der Waals surface area contributed by atoms with Crippen LogP contribution >= 0.6 is 34.7 Å². The first-order valence-electron chi connectivity index (χ1n) is 12.2. The van der Waals surface area contributed by atoms with Gasteiger partial charge in [-0.1, -0.05) is 35.5 Å². The highest BCUT2D eigenvalue weighted by atomic mass is 35.5. The van der Waals surface area contributed by atoms with Crippen LogP contribution in [0.2, 0.25) is 5.02 Å². The highest BCUT2D eigenvalue weighted by molar-refractivity contribution is 7.99. The van der Waals surface area contributed by atoms with E-state index in [4.69, 9.17) is 16.6 Å². The van der Waals surface area contributed by atoms with Crippen molar-refractivity contribution in [3.05, 3.63) is 81.4 Å². The molecule has 0 saturated heterocycles. The number of nitrogens with zero attached hydrogens (tertiary/aromatic N) is 5. The zero-order chi connectivity index (χ0) is 27.9. The Labute approximate surface area is 241 Å². The second kappa shape index (κ2) is 13.1. The van der Waals surface area contributed by atoms with E-state index >= 15 is 0 Å². The van der Waals surface area contributed by atoms with E-state index in [9.17, 15) is 9.59 Å². The van der Waals surface area contributed by atoms with Crippen molar-refractivity contribution in [2.24, 2.45) is 0 Å². The summed E-state index contributed by atoms with van der Waals surface area (Å²) in [7, 11) is 3.91. The van der Waals surface area contributed by atoms with E-state index in [-0.39, 0.29) is 30.7 Å². The summed E-state index contributed by atoms with van der Waals surface area (Å²) in [6, 6.07) is 16.8. The molecule has 0 aliphatic carbocycles. The second-order valence-electron chi connectivity index (χ2n) is 9.09. The highest BCUT2D eigenvalue weighted by Crippen LogP contribution is 2.25. The maximum atomic E-state index is 13.3. The summed E-state index contributed by atoms with van der Waals surface area (Å²) in [4.78, 5) is 43.3. The van der Waals surface area contributed by atoms with Gasteiger partial charge in [0.05, 0.1) is 18.0 Å². The van der Waals surface area contributed by atoms with Crippen molar-refractivity contribution in [3.8, 4) is 11.3 Å². The minimum Gasteiger partial charge on any atom is -0.378 e. The second-order valence-corrected chi connectivity index (χ2v) is 11.4. The van der Waals surface area contributed by atoms with E-state index in [1.165, 1.54) is 28.0 Å². The Kier molecular flexibility index (Phi) is 9.55. The molecule has 0 aliphatic rings. The Hall–Kier alpha value is -3.47. The van der Waals surface area contributed by atoms with E-state index in [1.54, 1.807) is 0 Å². The monoisotopic (exact) mass is 580 g/mol. The van der Waals surface area contributed by atoms with E-state index in [2.05, 4.69) is 15.3 Å². The van der Waals surface area contributed by atoms with Gasteiger partial charge in [0.2, 0.25) is 11.8 Å². The fourth-order valence-electron chi connectivity index (χ4n) is 3.72. The molecule has 0 unspecified atom stereocenters. The standard InChI is InChI=1S/C28H29ClN6O2S2/c1-18-13-19(2)31-28(30-18)39-17-27(37)35(14-25(36)32-22-9-11-23(12-10-22)34(3)4)15-26-33-24(16-38-26)20-5-7-21(29)8-6-20/h5-13,16H,14-15,17H2,1-4H3,(H,32,36). The number of rotatable bonds is 10. The van der Waals surface area contributed by atoms with Crippen LogP contribution in [-0.4, -0.2) is 58.1 Å². The van der Waals surface area contributed by atoms with Crippen molar-refractivity contribution in [1.29, 1.82) is 0 Å². The normalized spacial score (nSPS) is 10.8. The van der Waals surface area contributed by atoms with Crippen LogP contribution in [0, 0.1) is 13.8 Å². The Morgan fingerprint density at radius 1 is 0.974 bits per heavy atom. The molecule has 2 heterocycles. The number of carbonyl (C=O) groups excluding carboxylic acids is 2. The number of hydrogen-bond donors (Lipinski definition) is 1. The third-order valence-electron chi connectivity index (χ3n) is 5.66. The topological polar surface area (TPSA) is 91.3 Å². The van der Waals surface area contributed by atoms with Crippen LogP contribution in [0.5, 0.6) is 0 Å². The fourth-order valence-corrected chi connectivity index (χ4v) is 5.52. The molecule has 0 saturated carbocycles. The minimum absolute atomic E-state index is 0.100. The van der Waals surface area contributed by atoms with Crippen LogP contribution < -0.4 is 10.2 Å². The zero-order valence-electron chi connectivity index (χ0n) is 22.1. The molecular weight excluding hydrogens is 552 g/mol. The zero-order valence-corrected chi connectivity index (χ0v) is 24.5. The van der Waals surface area contributed by atoms with Crippen LogP contribution in [0.1, 0.15) is 16.4 Å². The van der Waals surface area contributed by atoms with Crippen LogP contribution in [0.4, 0.5) is 11.4 Å². The van der Waals surface area contributed by atoms with Gasteiger partial charge in [0.25, 0.3) is 0 Å². The van der Waals surface area contributed by atoms with Gasteiger partial charge in [-0.05, 0) is 56.3 Å². The minimum atomic E-state index is -0.289. The molecule has 39 heavy (non-hydrogen) atoms. The number of anilines is 2. The molecule has 11 heteroatoms. The van der Waals surface area contributed by atoms with Gasteiger partial charge in [-0.25, -0.2) is 15.0 Å². The van der Waals surface area contributed by atoms with Gasteiger partial charge >= 0.3 is 0 Å². The van der Waals surface area contributed by atoms with Crippen molar-refractivity contribution >= 4 is 57.9 Å². The van der Waals surface area contributed by atoms with Crippen LogP contribution in [0.3, 0.4) is 0 Å². The molecule has 8 nitrogen and oxygen atoms in total. The van der Waals surface area contributed by atoms with Crippen molar-refractivity contribution in [1.82, 2.24) is 19.9 Å². The third-order valence-corrected chi connectivity index (χ3v) is 7.58. The predicted molar refractivity (Wildman–Crippen MR) is 160 cm³/mol. The quantitative estimate of drug-likeness (QED) is 0.190. The number of benzene rings is 2. The predicted octanol–water partition coefficient (Wildman–Crippen LogP) is 5.70. The summed E-state index contributed by atoms with van der Waals surface area (Å²) in [5.41, 5.74) is 5.09. The number of carbonyl (C=O) groups is 2. The van der Waals surface area contributed by atoms with Gasteiger partial charge in [-0.2, -0.15) is 0 Å². The van der Waals surface area contributed by atoms with Crippen molar-refractivity contribution in [2.75, 3.05) is 36.6 Å². The lowest BCUT2D eigenvalue weighted by molar-refractivity contribution is -0.132. The molecule has 202 valence electrons. The number of amides is 2. The molecule has 2 aromatic carbocycles. The molecular formula is C28H29ClN6O2S2. The molecule has 0 radical (unpaired) electrons. The number of nitrogens with one attached hydrogen (secondary N) is 1. The van der Waals surface area contributed by atoms with Crippen LogP contribution in [-0.2, 0) is 16.1 Å². The summed E-state index contributed by atoms with van der Waals surface area (Å²) in [6.45, 7) is 3.88. The summed E-state index contributed by atoms with van der Waals surface area (Å²) in [5.74, 6) is -0.393. The molecule has 0 aliphatic heterocycles. The van der Waals surface area contributed by atoms with Crippen LogP contribution in [0.25, 0.3) is 11.3 Å². The maximum absolute atomic E-state index is 13.3. The van der Waals surface area contributed by atoms with Gasteiger partial charge in [0.1, 0.15) is 11.6 Å². The van der Waals surface area contributed by atoms with Gasteiger partial charge in [0.15, 0.2) is 5.16 Å². The molecule has 1 N–H and O–H groups in total. The maximum Gasteiger partial charge on any atom is 0.244 e. The lowest BCUT2D eigenvalue weighted by Crippen LogP contribution is -2.38. The van der Waals surface area contributed by atoms with E-state index in [0.29, 0.717) is 15.9 Å². The lowest BCUT2D eigenvalue weighted by Gasteiger charge is -2.21. The van der Waals surface area contributed by atoms with Gasteiger partial charge < -0.3 is 15.1 Å². The lowest BCUT2D eigenvalue weighted by atomic mass is 10.2. The number of thioether (sulfide) groups is 1. The molecule has 0 atom stereocenters. The number of halogens is 1. The molecule has 2 amide bonds.